The molecule has 14 heavy (non-hydrogen) atoms. The molecule has 0 saturated carbocycles. The molecule has 0 fully saturated rings. The first kappa shape index (κ1) is 44.4. The molecule has 0 aliphatic heterocycles. The number of hydrogen-bond donors (Lipinski definition) is 2. The molecular weight excluding hydrogens is 414 g/mol. The van der Waals surface area contributed by atoms with Crippen LogP contribution < -0.4 is 84.9 Å². The normalized spacial score (nSPS) is 5.43. The van der Waals surface area contributed by atoms with Crippen LogP contribution in [0.4, 0.5) is 0 Å². The Labute approximate surface area is 157 Å². The zero-order valence-electron chi connectivity index (χ0n) is 7.08. The zero-order chi connectivity index (χ0) is 6.57. The van der Waals surface area contributed by atoms with Gasteiger partial charge in [0.2, 0.25) is 5.91 Å². The number of amides is 1. The van der Waals surface area contributed by atoms with Crippen LogP contribution in [0.3, 0.4) is 0 Å². The van der Waals surface area contributed by atoms with E-state index >= 15 is 0 Å². The van der Waals surface area contributed by atoms with Gasteiger partial charge in [0.05, 0.1) is 0 Å². The SMILES string of the molecule is NC(=O)/C=C\C(=O)O.[Cl-].[Cl-].[Cl-].[Cl-].[La+3].[Na+]. The summed E-state index contributed by atoms with van der Waals surface area (Å²) < 4.78 is 0. The molecule has 0 rings (SSSR count). The number of aliphatic carboxylic acids is 1. The number of halogens is 4. The fourth-order valence-corrected chi connectivity index (χ4v) is 0.153. The molecule has 0 aliphatic carbocycles. The van der Waals surface area contributed by atoms with Crippen molar-refractivity contribution in [2.75, 3.05) is 0 Å². The molecule has 0 radical (unpaired) electrons. The minimum absolute atomic E-state index is 0. The molecule has 76 valence electrons. The van der Waals surface area contributed by atoms with E-state index in [0.717, 1.165) is 6.08 Å². The summed E-state index contributed by atoms with van der Waals surface area (Å²) in [6.07, 6.45) is 1.46. The van der Waals surface area contributed by atoms with E-state index in [1.807, 2.05) is 0 Å². The van der Waals surface area contributed by atoms with Crippen molar-refractivity contribution in [1.82, 2.24) is 0 Å². The van der Waals surface area contributed by atoms with Crippen molar-refractivity contribution < 1.29 is 129 Å². The molecule has 1 amide bonds. The number of nitrogens with two attached hydrogens (primary N) is 1. The Kier molecular flexibility index (Phi) is 93.3. The maximum Gasteiger partial charge on any atom is 3.00 e. The van der Waals surface area contributed by atoms with Crippen LogP contribution in [0, 0.1) is 35.6 Å². The fraction of sp³-hybridized carbons (Fsp3) is 0. The third kappa shape index (κ3) is 48.2. The van der Waals surface area contributed by atoms with Crippen LogP contribution in [0.5, 0.6) is 0 Å². The standard InChI is InChI=1S/C4H5NO3.4ClH.La.Na/c5-3(6)1-2-4(7)8;;;;;;/h1-2H,(H2,5,6)(H,7,8);4*1H;;/q;;;;;+3;+1/p-4/b2-1-;;;;;;. The number of carboxylic acids is 1. The van der Waals surface area contributed by atoms with Crippen molar-refractivity contribution in [1.29, 1.82) is 0 Å². The first-order valence-electron chi connectivity index (χ1n) is 1.83. The van der Waals surface area contributed by atoms with Crippen LogP contribution in [0.1, 0.15) is 0 Å². The quantitative estimate of drug-likeness (QED) is 0.345. The summed E-state index contributed by atoms with van der Waals surface area (Å²) in [5, 5.41) is 7.87. The van der Waals surface area contributed by atoms with E-state index in [1.165, 1.54) is 0 Å². The monoisotopic (exact) mass is 417 g/mol. The number of primary amides is 1. The molecule has 3 N–H and O–H groups in total. The molecule has 10 heteroatoms. The van der Waals surface area contributed by atoms with Gasteiger partial charge in [-0.15, -0.1) is 0 Å². The molecule has 0 bridgehead atoms. The van der Waals surface area contributed by atoms with Gasteiger partial charge >= 0.3 is 71.1 Å². The summed E-state index contributed by atoms with van der Waals surface area (Å²) in [7, 11) is 0. The minimum atomic E-state index is -1.18. The number of hydrogen-bond acceptors (Lipinski definition) is 2. The van der Waals surface area contributed by atoms with E-state index in [9.17, 15) is 9.59 Å². The third-order valence-electron chi connectivity index (χ3n) is 0.390. The average molecular weight is 419 g/mol. The first-order chi connectivity index (χ1) is 3.63. The minimum Gasteiger partial charge on any atom is -1.00 e. The summed E-state index contributed by atoms with van der Waals surface area (Å²) in [4.78, 5) is 19.4. The molecule has 4 nitrogen and oxygen atoms in total. The van der Waals surface area contributed by atoms with Gasteiger partial charge in [0.15, 0.2) is 0 Å². The van der Waals surface area contributed by atoms with Crippen molar-refractivity contribution in [3.05, 3.63) is 12.2 Å². The Hall–Kier alpha value is 2.03. The molecule has 0 heterocycles. The Bertz CT molecular complexity index is 144. The van der Waals surface area contributed by atoms with Crippen LogP contribution in [0.2, 0.25) is 0 Å². The smallest absolute Gasteiger partial charge is 1.00 e. The maximum atomic E-state index is 9.78. The first-order valence-corrected chi connectivity index (χ1v) is 1.83. The van der Waals surface area contributed by atoms with Gasteiger partial charge < -0.3 is 60.5 Å². The molecule has 0 aromatic carbocycles. The second-order valence-corrected chi connectivity index (χ2v) is 1.07. The number of carboxylic acid groups (broad SMARTS) is 1. The molecule has 0 atom stereocenters. The van der Waals surface area contributed by atoms with Gasteiger partial charge in [0, 0.05) is 12.2 Å². The number of carbonyl (C=O) groups is 2. The largest absolute Gasteiger partial charge is 3.00 e. The maximum absolute atomic E-state index is 9.78. The second-order valence-electron chi connectivity index (χ2n) is 1.07. The molecule has 0 spiro atoms. The van der Waals surface area contributed by atoms with Crippen LogP contribution >= 0.6 is 0 Å². The van der Waals surface area contributed by atoms with Crippen molar-refractivity contribution in [3.8, 4) is 0 Å². The van der Waals surface area contributed by atoms with Gasteiger partial charge in [-0.05, 0) is 0 Å². The van der Waals surface area contributed by atoms with Gasteiger partial charge in [-0.25, -0.2) is 4.79 Å². The van der Waals surface area contributed by atoms with Crippen LogP contribution in [-0.2, 0) is 9.59 Å². The van der Waals surface area contributed by atoms with E-state index in [0.29, 0.717) is 6.08 Å². The average Bonchev–Trinajstić information content (AvgIpc) is 1.61. The topological polar surface area (TPSA) is 80.4 Å². The zero-order valence-corrected chi connectivity index (χ0v) is 15.7. The number of rotatable bonds is 2. The number of carbonyl (C=O) groups excluding carboxylic acids is 1. The molecule has 0 unspecified atom stereocenters. The summed E-state index contributed by atoms with van der Waals surface area (Å²) in [6.45, 7) is 0. The molecule has 0 aliphatic rings. The predicted molar refractivity (Wildman–Crippen MR) is 26.0 cm³/mol. The van der Waals surface area contributed by atoms with Gasteiger partial charge in [-0.3, -0.25) is 4.79 Å². The van der Waals surface area contributed by atoms with Gasteiger partial charge in [0.1, 0.15) is 0 Å². The Morgan fingerprint density at radius 2 is 1.29 bits per heavy atom. The van der Waals surface area contributed by atoms with E-state index in [-0.39, 0.29) is 115 Å². The van der Waals surface area contributed by atoms with E-state index in [1.54, 1.807) is 0 Å². The predicted octanol–water partition coefficient (Wildman–Crippen LogP) is -15.9. The van der Waals surface area contributed by atoms with E-state index in [2.05, 4.69) is 5.73 Å². The summed E-state index contributed by atoms with van der Waals surface area (Å²) >= 11 is 0. The Morgan fingerprint density at radius 1 is 1.00 bits per heavy atom. The molecular formula is C4H5Cl4LaNNaO3. The fourth-order valence-electron chi connectivity index (χ4n) is 0.153. The summed E-state index contributed by atoms with van der Waals surface area (Å²) in [5.41, 5.74) is 4.55. The summed E-state index contributed by atoms with van der Waals surface area (Å²) in [6, 6.07) is 0. The molecule has 0 saturated heterocycles. The molecule has 0 aromatic heterocycles. The van der Waals surface area contributed by atoms with Crippen molar-refractivity contribution >= 4 is 11.9 Å². The Balaban J connectivity index is -0.0000000163. The van der Waals surface area contributed by atoms with Gasteiger partial charge in [0.25, 0.3) is 0 Å². The van der Waals surface area contributed by atoms with Crippen LogP contribution in [0.25, 0.3) is 0 Å². The second kappa shape index (κ2) is 29.4. The third-order valence-corrected chi connectivity index (χ3v) is 0.390. The van der Waals surface area contributed by atoms with Crippen molar-refractivity contribution in [2.24, 2.45) is 5.73 Å². The van der Waals surface area contributed by atoms with Crippen LogP contribution in [-0.4, -0.2) is 17.0 Å². The van der Waals surface area contributed by atoms with Gasteiger partial charge in [-0.2, -0.15) is 0 Å². The van der Waals surface area contributed by atoms with Crippen molar-refractivity contribution in [2.45, 2.75) is 0 Å². The van der Waals surface area contributed by atoms with Crippen molar-refractivity contribution in [3.63, 3.8) is 0 Å². The van der Waals surface area contributed by atoms with Crippen LogP contribution in [0.15, 0.2) is 12.2 Å². The van der Waals surface area contributed by atoms with E-state index in [4.69, 9.17) is 5.11 Å². The summed E-state index contributed by atoms with van der Waals surface area (Å²) in [5.74, 6) is -1.93. The van der Waals surface area contributed by atoms with E-state index < -0.39 is 11.9 Å². The molecule has 0 aromatic rings. The Morgan fingerprint density at radius 3 is 1.36 bits per heavy atom. The van der Waals surface area contributed by atoms with Gasteiger partial charge in [-0.1, -0.05) is 0 Å².